The third-order valence-electron chi connectivity index (χ3n) is 4.70. The first-order valence-corrected chi connectivity index (χ1v) is 9.69. The minimum atomic E-state index is 0.888. The topological polar surface area (TPSA) is 16.4 Å². The van der Waals surface area contributed by atoms with Gasteiger partial charge in [-0.1, -0.05) is 0 Å². The Labute approximate surface area is 165 Å². The Balaban J connectivity index is 1.88. The predicted octanol–water partition coefficient (Wildman–Crippen LogP) is 5.85. The first kappa shape index (κ1) is 16.2. The molecule has 0 amide bonds. The average Bonchev–Trinajstić information content (AvgIpc) is 3.08. The van der Waals surface area contributed by atoms with Gasteiger partial charge in [0.05, 0.1) is 0 Å². The fourth-order valence-corrected chi connectivity index (χ4v) is 4.02. The molecule has 0 N–H and O–H groups in total. The van der Waals surface area contributed by atoms with Gasteiger partial charge in [0, 0.05) is 0 Å². The Bertz CT molecular complexity index is 1190. The van der Waals surface area contributed by atoms with Gasteiger partial charge in [0.1, 0.15) is 0 Å². The average molecular weight is 413 g/mol. The van der Waals surface area contributed by atoms with Crippen molar-refractivity contribution in [1.82, 2.24) is 0 Å². The molecule has 0 aliphatic carbocycles. The molecule has 0 atom stereocenters. The quantitative estimate of drug-likeness (QED) is 0.345. The molecule has 27 heavy (non-hydrogen) atoms. The molecule has 0 fully saturated rings. The molecule has 4 aromatic carbocycles. The number of fused-ring (bicyclic) bond motifs is 3. The number of hydrogen-bond acceptors (Lipinski definition) is 2. The maximum atomic E-state index is 6.15. The van der Waals surface area contributed by atoms with Gasteiger partial charge in [0.25, 0.3) is 0 Å². The molecule has 0 bridgehead atoms. The van der Waals surface area contributed by atoms with E-state index in [-0.39, 0.29) is 0 Å². The van der Waals surface area contributed by atoms with Crippen LogP contribution in [0.25, 0.3) is 21.9 Å². The number of para-hydroxylation sites is 3. The van der Waals surface area contributed by atoms with E-state index in [9.17, 15) is 0 Å². The van der Waals surface area contributed by atoms with Crippen LogP contribution in [-0.4, -0.2) is 16.0 Å². The van der Waals surface area contributed by atoms with E-state index >= 15 is 0 Å². The molecular formula is C24H16NOSe. The van der Waals surface area contributed by atoms with Crippen LogP contribution in [0.3, 0.4) is 0 Å². The molecule has 0 unspecified atom stereocenters. The van der Waals surface area contributed by atoms with E-state index in [2.05, 4.69) is 93.7 Å². The van der Waals surface area contributed by atoms with Gasteiger partial charge in [0.15, 0.2) is 0 Å². The first-order chi connectivity index (χ1) is 13.3. The summed E-state index contributed by atoms with van der Waals surface area (Å²) in [5.41, 5.74) is 5.12. The summed E-state index contributed by atoms with van der Waals surface area (Å²) in [6.45, 7) is 0. The molecule has 0 aliphatic rings. The molecule has 1 aromatic heterocycles. The number of anilines is 3. The van der Waals surface area contributed by atoms with E-state index in [1.54, 1.807) is 0 Å². The zero-order valence-electron chi connectivity index (χ0n) is 14.5. The molecule has 5 rings (SSSR count). The summed E-state index contributed by atoms with van der Waals surface area (Å²) in [5, 5.41) is 2.25. The molecule has 0 aliphatic heterocycles. The van der Waals surface area contributed by atoms with Gasteiger partial charge in [0.2, 0.25) is 0 Å². The van der Waals surface area contributed by atoms with Gasteiger partial charge in [-0.05, 0) is 0 Å². The van der Waals surface area contributed by atoms with Crippen LogP contribution in [0.2, 0.25) is 0 Å². The number of furan rings is 1. The number of nitrogens with zero attached hydrogens (tertiary/aromatic N) is 1. The van der Waals surface area contributed by atoms with E-state index in [1.807, 2.05) is 24.3 Å². The van der Waals surface area contributed by atoms with Crippen molar-refractivity contribution in [2.24, 2.45) is 0 Å². The molecule has 1 radical (unpaired) electrons. The van der Waals surface area contributed by atoms with Crippen molar-refractivity contribution < 1.29 is 4.42 Å². The Morgan fingerprint density at radius 2 is 1.22 bits per heavy atom. The molecule has 0 saturated carbocycles. The normalized spacial score (nSPS) is 11.1. The Hall–Kier alpha value is -3.00. The molecule has 0 saturated heterocycles. The van der Waals surface area contributed by atoms with Crippen molar-refractivity contribution in [3.05, 3.63) is 97.1 Å². The Kier molecular flexibility index (Phi) is 3.97. The van der Waals surface area contributed by atoms with Gasteiger partial charge < -0.3 is 0 Å². The Morgan fingerprint density at radius 3 is 1.89 bits per heavy atom. The fraction of sp³-hybridized carbons (Fsp3) is 0. The van der Waals surface area contributed by atoms with Crippen LogP contribution in [0.15, 0.2) is 101 Å². The molecule has 1 heterocycles. The van der Waals surface area contributed by atoms with Crippen LogP contribution < -0.4 is 9.36 Å². The van der Waals surface area contributed by atoms with Crippen LogP contribution in [0, 0.1) is 0 Å². The van der Waals surface area contributed by atoms with Gasteiger partial charge >= 0.3 is 166 Å². The summed E-state index contributed by atoms with van der Waals surface area (Å²) in [4.78, 5) is 2.28. The molecule has 129 valence electrons. The third-order valence-corrected chi connectivity index (χ3v) is 5.20. The monoisotopic (exact) mass is 414 g/mol. The van der Waals surface area contributed by atoms with Crippen LogP contribution in [0.4, 0.5) is 17.1 Å². The third kappa shape index (κ3) is 2.82. The minimum absolute atomic E-state index is 0.888. The molecule has 0 spiro atoms. The van der Waals surface area contributed by atoms with Crippen molar-refractivity contribution in [1.29, 1.82) is 0 Å². The second kappa shape index (κ2) is 6.62. The van der Waals surface area contributed by atoms with E-state index in [0.29, 0.717) is 0 Å². The van der Waals surface area contributed by atoms with Gasteiger partial charge in [-0.2, -0.15) is 0 Å². The van der Waals surface area contributed by atoms with Crippen LogP contribution in [0.1, 0.15) is 0 Å². The van der Waals surface area contributed by atoms with Gasteiger partial charge in [-0.3, -0.25) is 0 Å². The second-order valence-corrected chi connectivity index (χ2v) is 7.41. The summed E-state index contributed by atoms with van der Waals surface area (Å²) >= 11 is 3.15. The summed E-state index contributed by atoms with van der Waals surface area (Å²) in [5.74, 6) is 0. The van der Waals surface area contributed by atoms with E-state index in [0.717, 1.165) is 43.5 Å². The molecule has 5 aromatic rings. The summed E-state index contributed by atoms with van der Waals surface area (Å²) < 4.78 is 7.20. The van der Waals surface area contributed by atoms with Crippen molar-refractivity contribution >= 4 is 59.5 Å². The number of hydrogen-bond donors (Lipinski definition) is 0. The summed E-state index contributed by atoms with van der Waals surface area (Å²) in [7, 11) is 0. The van der Waals surface area contributed by atoms with Crippen molar-refractivity contribution in [3.8, 4) is 0 Å². The van der Waals surface area contributed by atoms with Gasteiger partial charge in [-0.15, -0.1) is 0 Å². The van der Waals surface area contributed by atoms with Crippen molar-refractivity contribution in [3.63, 3.8) is 0 Å². The fourth-order valence-electron chi connectivity index (χ4n) is 3.57. The van der Waals surface area contributed by atoms with Crippen LogP contribution in [0.5, 0.6) is 0 Å². The van der Waals surface area contributed by atoms with E-state index in [1.165, 1.54) is 0 Å². The summed E-state index contributed by atoms with van der Waals surface area (Å²) in [6, 6.07) is 33.3. The number of benzene rings is 4. The van der Waals surface area contributed by atoms with E-state index < -0.39 is 0 Å². The number of rotatable bonds is 3. The summed E-state index contributed by atoms with van der Waals surface area (Å²) in [6.07, 6.45) is 0. The standard InChI is InChI=1S/C24H16NOSe/c27-19-15-21(24-20-13-7-8-14-22(20)26-23(24)16-19)25(17-9-3-1-4-10-17)18-11-5-2-6-12-18/h1-16H. The predicted molar refractivity (Wildman–Crippen MR) is 114 cm³/mol. The zero-order chi connectivity index (χ0) is 18.2. The van der Waals surface area contributed by atoms with Crippen molar-refractivity contribution in [2.75, 3.05) is 4.90 Å². The van der Waals surface area contributed by atoms with Crippen molar-refractivity contribution in [2.45, 2.75) is 0 Å². The van der Waals surface area contributed by atoms with Crippen LogP contribution >= 0.6 is 0 Å². The van der Waals surface area contributed by atoms with E-state index in [4.69, 9.17) is 4.42 Å². The molecule has 3 heteroatoms. The maximum absolute atomic E-state index is 6.15. The van der Waals surface area contributed by atoms with Gasteiger partial charge in [-0.25, -0.2) is 0 Å². The second-order valence-electron chi connectivity index (χ2n) is 6.42. The Morgan fingerprint density at radius 1 is 0.630 bits per heavy atom. The van der Waals surface area contributed by atoms with Crippen LogP contribution in [-0.2, 0) is 0 Å². The zero-order valence-corrected chi connectivity index (χ0v) is 16.2. The molecular weight excluding hydrogens is 397 g/mol. The first-order valence-electron chi connectivity index (χ1n) is 8.84. The molecule has 2 nitrogen and oxygen atoms in total. The SMILES string of the molecule is [Se]c1cc(N(c2ccccc2)c2ccccc2)c2c(c1)oc1ccccc12.